The highest BCUT2D eigenvalue weighted by Crippen LogP contribution is 2.39. The van der Waals surface area contributed by atoms with E-state index in [1.54, 1.807) is 6.26 Å². The summed E-state index contributed by atoms with van der Waals surface area (Å²) in [6.45, 7) is 3.40. The number of nitrogens with zero attached hydrogens (tertiary/aromatic N) is 5. The molecule has 2 aromatic heterocycles. The van der Waals surface area contributed by atoms with Gasteiger partial charge in [-0.1, -0.05) is 29.5 Å². The molecule has 0 unspecified atom stereocenters. The number of fused-ring (bicyclic) bond motifs is 1. The Morgan fingerprint density at radius 3 is 2.58 bits per heavy atom. The van der Waals surface area contributed by atoms with Crippen LogP contribution in [0.15, 0.2) is 41.1 Å². The van der Waals surface area contributed by atoms with Crippen LogP contribution in [0.4, 0.5) is 0 Å². The van der Waals surface area contributed by atoms with Crippen LogP contribution in [0, 0.1) is 0 Å². The summed E-state index contributed by atoms with van der Waals surface area (Å²) in [6, 6.07) is 8.61. The molecule has 1 aliphatic carbocycles. The van der Waals surface area contributed by atoms with E-state index in [-0.39, 0.29) is 0 Å². The minimum absolute atomic E-state index is 0.543. The third kappa shape index (κ3) is 2.73. The van der Waals surface area contributed by atoms with Gasteiger partial charge < -0.3 is 4.42 Å². The van der Waals surface area contributed by atoms with Crippen molar-refractivity contribution in [3.8, 4) is 0 Å². The third-order valence-corrected chi connectivity index (χ3v) is 4.70. The summed E-state index contributed by atoms with van der Waals surface area (Å²) < 4.78 is 7.37. The minimum Gasteiger partial charge on any atom is -0.448 e. The number of hydrogen-bond acceptors (Lipinski definition) is 5. The fourth-order valence-electron chi connectivity index (χ4n) is 3.31. The van der Waals surface area contributed by atoms with Crippen LogP contribution in [0.1, 0.15) is 47.2 Å². The maximum Gasteiger partial charge on any atom is 0.197 e. The molecule has 24 heavy (non-hydrogen) atoms. The molecule has 1 fully saturated rings. The van der Waals surface area contributed by atoms with Crippen LogP contribution < -0.4 is 0 Å². The van der Waals surface area contributed by atoms with Crippen molar-refractivity contribution in [3.05, 3.63) is 65.1 Å². The molecule has 0 spiro atoms. The van der Waals surface area contributed by atoms with Crippen LogP contribution >= 0.6 is 0 Å². The highest BCUT2D eigenvalue weighted by Gasteiger charge is 2.28. The average Bonchev–Trinajstić information content (AvgIpc) is 3.00. The summed E-state index contributed by atoms with van der Waals surface area (Å²) in [7, 11) is 0. The standard InChI is InChI=1S/C18H19N5O/c1-2-4-15-8-22(7-14(15)3-1)9-16-10-23(21-20-16)11-17-12-24-18(19-17)13-5-6-13/h1-4,10,12-13H,5-9,11H2. The predicted octanol–water partition coefficient (Wildman–Crippen LogP) is 2.71. The molecule has 0 N–H and O–H groups in total. The molecule has 3 heterocycles. The third-order valence-electron chi connectivity index (χ3n) is 4.70. The van der Waals surface area contributed by atoms with Crippen LogP contribution in [0.2, 0.25) is 0 Å². The summed E-state index contributed by atoms with van der Waals surface area (Å²) in [5.41, 5.74) is 4.75. The smallest absolute Gasteiger partial charge is 0.197 e. The number of oxazole rings is 1. The van der Waals surface area contributed by atoms with Gasteiger partial charge in [-0.15, -0.1) is 5.10 Å². The molecule has 0 atom stereocenters. The molecule has 3 aromatic rings. The zero-order valence-electron chi connectivity index (χ0n) is 13.4. The van der Waals surface area contributed by atoms with Gasteiger partial charge in [0.05, 0.1) is 18.4 Å². The first kappa shape index (κ1) is 13.9. The first-order valence-corrected chi connectivity index (χ1v) is 8.46. The maximum absolute atomic E-state index is 5.53. The van der Waals surface area contributed by atoms with E-state index < -0.39 is 0 Å². The van der Waals surface area contributed by atoms with Crippen LogP contribution in [0.5, 0.6) is 0 Å². The highest BCUT2D eigenvalue weighted by molar-refractivity contribution is 5.30. The average molecular weight is 321 g/mol. The van der Waals surface area contributed by atoms with Gasteiger partial charge in [-0.25, -0.2) is 9.67 Å². The van der Waals surface area contributed by atoms with E-state index in [4.69, 9.17) is 4.42 Å². The van der Waals surface area contributed by atoms with Gasteiger partial charge in [0.2, 0.25) is 0 Å². The minimum atomic E-state index is 0.543. The van der Waals surface area contributed by atoms with Crippen molar-refractivity contribution in [2.24, 2.45) is 0 Å². The van der Waals surface area contributed by atoms with Crippen molar-refractivity contribution in [1.29, 1.82) is 0 Å². The summed E-state index contributed by atoms with van der Waals surface area (Å²) in [6.07, 6.45) is 6.15. The molecular formula is C18H19N5O. The molecule has 1 aromatic carbocycles. The Labute approximate surface area is 140 Å². The molecule has 0 amide bonds. The van der Waals surface area contributed by atoms with E-state index in [0.717, 1.165) is 36.9 Å². The molecule has 0 saturated heterocycles. The SMILES string of the molecule is c1ccc2c(c1)CN(Cc1cn(Cc3coc(C4CC4)n3)nn1)C2. The van der Waals surface area contributed by atoms with Crippen LogP contribution in [0.3, 0.4) is 0 Å². The second-order valence-electron chi connectivity index (χ2n) is 6.77. The van der Waals surface area contributed by atoms with Crippen molar-refractivity contribution in [2.75, 3.05) is 0 Å². The van der Waals surface area contributed by atoms with Crippen molar-refractivity contribution >= 4 is 0 Å². The van der Waals surface area contributed by atoms with E-state index in [0.29, 0.717) is 12.5 Å². The van der Waals surface area contributed by atoms with E-state index in [9.17, 15) is 0 Å². The monoisotopic (exact) mass is 321 g/mol. The molecule has 2 aliphatic rings. The molecule has 1 aliphatic heterocycles. The Hall–Kier alpha value is -2.47. The first-order valence-electron chi connectivity index (χ1n) is 8.46. The largest absolute Gasteiger partial charge is 0.448 e. The van der Waals surface area contributed by atoms with E-state index in [1.165, 1.54) is 24.0 Å². The molecule has 6 heteroatoms. The molecule has 5 rings (SSSR count). The molecule has 0 bridgehead atoms. The fourth-order valence-corrected chi connectivity index (χ4v) is 3.31. The Bertz CT molecular complexity index is 839. The summed E-state index contributed by atoms with van der Waals surface area (Å²) in [5, 5.41) is 8.54. The maximum atomic E-state index is 5.53. The van der Waals surface area contributed by atoms with E-state index >= 15 is 0 Å². The zero-order chi connectivity index (χ0) is 15.9. The summed E-state index contributed by atoms with van der Waals surface area (Å²) in [5.74, 6) is 1.42. The van der Waals surface area contributed by atoms with Crippen molar-refractivity contribution in [2.45, 2.75) is 44.9 Å². The van der Waals surface area contributed by atoms with Gasteiger partial charge in [-0.2, -0.15) is 0 Å². The lowest BCUT2D eigenvalue weighted by Gasteiger charge is -2.11. The Kier molecular flexibility index (Phi) is 3.23. The van der Waals surface area contributed by atoms with Crippen LogP contribution in [-0.2, 0) is 26.2 Å². The Morgan fingerprint density at radius 1 is 1.04 bits per heavy atom. The lowest BCUT2D eigenvalue weighted by Crippen LogP contribution is -2.15. The van der Waals surface area contributed by atoms with Gasteiger partial charge in [-0.05, 0) is 24.0 Å². The lowest BCUT2D eigenvalue weighted by molar-refractivity contribution is 0.272. The molecule has 122 valence electrons. The number of hydrogen-bond donors (Lipinski definition) is 0. The quantitative estimate of drug-likeness (QED) is 0.723. The number of benzene rings is 1. The fraction of sp³-hybridized carbons (Fsp3) is 0.389. The molecular weight excluding hydrogens is 302 g/mol. The zero-order valence-corrected chi connectivity index (χ0v) is 13.4. The van der Waals surface area contributed by atoms with Gasteiger partial charge in [0, 0.05) is 25.6 Å². The van der Waals surface area contributed by atoms with Gasteiger partial charge >= 0.3 is 0 Å². The second-order valence-corrected chi connectivity index (χ2v) is 6.77. The topological polar surface area (TPSA) is 60.0 Å². The van der Waals surface area contributed by atoms with Crippen LogP contribution in [-0.4, -0.2) is 24.9 Å². The molecule has 1 saturated carbocycles. The Morgan fingerprint density at radius 2 is 1.83 bits per heavy atom. The second kappa shape index (κ2) is 5.56. The van der Waals surface area contributed by atoms with Crippen molar-refractivity contribution in [1.82, 2.24) is 24.9 Å². The van der Waals surface area contributed by atoms with E-state index in [2.05, 4.69) is 44.5 Å². The Balaban J connectivity index is 1.23. The summed E-state index contributed by atoms with van der Waals surface area (Å²) in [4.78, 5) is 6.93. The number of rotatable bonds is 5. The summed E-state index contributed by atoms with van der Waals surface area (Å²) >= 11 is 0. The lowest BCUT2D eigenvalue weighted by atomic mass is 10.1. The van der Waals surface area contributed by atoms with Gasteiger partial charge in [0.25, 0.3) is 0 Å². The first-order chi connectivity index (χ1) is 11.8. The van der Waals surface area contributed by atoms with Gasteiger partial charge in [0.1, 0.15) is 12.0 Å². The highest BCUT2D eigenvalue weighted by atomic mass is 16.3. The van der Waals surface area contributed by atoms with Crippen molar-refractivity contribution < 1.29 is 4.42 Å². The normalized spacial score (nSPS) is 17.3. The van der Waals surface area contributed by atoms with Gasteiger partial charge in [0.15, 0.2) is 5.89 Å². The van der Waals surface area contributed by atoms with Crippen molar-refractivity contribution in [3.63, 3.8) is 0 Å². The van der Waals surface area contributed by atoms with Crippen LogP contribution in [0.25, 0.3) is 0 Å². The van der Waals surface area contributed by atoms with Gasteiger partial charge in [-0.3, -0.25) is 4.90 Å². The molecule has 0 radical (unpaired) electrons. The predicted molar refractivity (Wildman–Crippen MR) is 87.0 cm³/mol. The number of aromatic nitrogens is 4. The molecule has 6 nitrogen and oxygen atoms in total. The van der Waals surface area contributed by atoms with E-state index in [1.807, 2.05) is 10.9 Å².